The Bertz CT molecular complexity index is 1270. The van der Waals surface area contributed by atoms with Gasteiger partial charge in [-0.3, -0.25) is 4.79 Å². The average molecular weight is 475 g/mol. The maximum Gasteiger partial charge on any atom is 0.281 e. The Labute approximate surface area is 204 Å². The zero-order valence-corrected chi connectivity index (χ0v) is 20.4. The summed E-state index contributed by atoms with van der Waals surface area (Å²) < 4.78 is 6.56. The summed E-state index contributed by atoms with van der Waals surface area (Å²) in [6, 6.07) is 22.5. The van der Waals surface area contributed by atoms with Crippen molar-refractivity contribution in [2.45, 2.75) is 32.7 Å². The second-order valence-electron chi connectivity index (χ2n) is 9.01. The van der Waals surface area contributed by atoms with Crippen molar-refractivity contribution in [3.8, 4) is 17.1 Å². The lowest BCUT2D eigenvalue weighted by molar-refractivity contribution is 0.0947. The highest BCUT2D eigenvalue weighted by Gasteiger charge is 2.20. The van der Waals surface area contributed by atoms with Crippen molar-refractivity contribution in [1.82, 2.24) is 14.8 Å². The van der Waals surface area contributed by atoms with Crippen molar-refractivity contribution in [2.75, 3.05) is 12.4 Å². The predicted molar refractivity (Wildman–Crippen MR) is 136 cm³/mol. The van der Waals surface area contributed by atoms with E-state index in [-0.39, 0.29) is 11.3 Å². The van der Waals surface area contributed by atoms with Crippen LogP contribution in [0.5, 0.6) is 5.75 Å². The van der Waals surface area contributed by atoms with Gasteiger partial charge in [0.25, 0.3) is 5.91 Å². The molecule has 0 unspecified atom stereocenters. The molecule has 34 heavy (non-hydrogen) atoms. The predicted octanol–water partition coefficient (Wildman–Crippen LogP) is 6.21. The summed E-state index contributed by atoms with van der Waals surface area (Å²) in [4.78, 5) is 18.0. The van der Waals surface area contributed by atoms with E-state index in [9.17, 15) is 4.79 Å². The maximum absolute atomic E-state index is 13.4. The van der Waals surface area contributed by atoms with Crippen LogP contribution in [0.25, 0.3) is 11.4 Å². The lowest BCUT2D eigenvalue weighted by atomic mass is 9.87. The molecule has 0 radical (unpaired) electrons. The first kappa shape index (κ1) is 23.5. The monoisotopic (exact) mass is 474 g/mol. The van der Waals surface area contributed by atoms with E-state index in [1.807, 2.05) is 72.8 Å². The van der Waals surface area contributed by atoms with E-state index in [2.05, 4.69) is 36.2 Å². The van der Waals surface area contributed by atoms with Crippen LogP contribution in [-0.2, 0) is 12.0 Å². The molecular formula is C27H27ClN4O2. The highest BCUT2D eigenvalue weighted by molar-refractivity contribution is 6.30. The first-order valence-electron chi connectivity index (χ1n) is 11.0. The minimum Gasteiger partial charge on any atom is -0.497 e. The van der Waals surface area contributed by atoms with E-state index in [1.54, 1.807) is 7.11 Å². The van der Waals surface area contributed by atoms with Crippen LogP contribution in [-0.4, -0.2) is 27.8 Å². The van der Waals surface area contributed by atoms with Crippen LogP contribution in [0.3, 0.4) is 0 Å². The van der Waals surface area contributed by atoms with Crippen molar-refractivity contribution >= 4 is 23.5 Å². The molecule has 174 valence electrons. The molecule has 0 aliphatic rings. The molecule has 0 amide bonds. The fourth-order valence-corrected chi connectivity index (χ4v) is 3.57. The minimum absolute atomic E-state index is 0.00165. The number of nitrogens with zero attached hydrogens (tertiary/aromatic N) is 3. The van der Waals surface area contributed by atoms with Crippen molar-refractivity contribution < 1.29 is 9.53 Å². The number of ether oxygens (including phenoxy) is 1. The lowest BCUT2D eigenvalue weighted by Crippen LogP contribution is -2.18. The second kappa shape index (κ2) is 9.69. The summed E-state index contributed by atoms with van der Waals surface area (Å²) in [5, 5.41) is 8.46. The SMILES string of the molecule is COc1ccc(-c2nc(NCc3ccc(Cl)cc3)n(C(=O)c3ccc(C(C)(C)C)cc3)n2)cc1. The smallest absolute Gasteiger partial charge is 0.281 e. The van der Waals surface area contributed by atoms with Gasteiger partial charge >= 0.3 is 0 Å². The molecule has 1 aromatic heterocycles. The first-order chi connectivity index (χ1) is 16.2. The van der Waals surface area contributed by atoms with E-state index in [0.29, 0.717) is 28.9 Å². The van der Waals surface area contributed by atoms with Crippen LogP contribution >= 0.6 is 11.6 Å². The van der Waals surface area contributed by atoms with Crippen molar-refractivity contribution in [3.63, 3.8) is 0 Å². The van der Waals surface area contributed by atoms with Gasteiger partial charge < -0.3 is 10.1 Å². The highest BCUT2D eigenvalue weighted by atomic mass is 35.5. The zero-order chi connectivity index (χ0) is 24.3. The van der Waals surface area contributed by atoms with Gasteiger partial charge in [0.15, 0.2) is 5.82 Å². The standard InChI is InChI=1S/C27H27ClN4O2/c1-27(2,3)21-11-7-20(8-12-21)25(33)32-26(29-17-18-5-13-22(28)14-6-18)30-24(31-32)19-9-15-23(34-4)16-10-19/h5-16H,17H2,1-4H3,(H,29,30,31). The molecule has 3 aromatic carbocycles. The van der Waals surface area contributed by atoms with Gasteiger partial charge in [-0.15, -0.1) is 5.10 Å². The van der Waals surface area contributed by atoms with Gasteiger partial charge in [0.1, 0.15) is 5.75 Å². The molecule has 1 heterocycles. The fourth-order valence-electron chi connectivity index (χ4n) is 3.45. The van der Waals surface area contributed by atoms with Gasteiger partial charge in [0.05, 0.1) is 7.11 Å². The van der Waals surface area contributed by atoms with E-state index < -0.39 is 0 Å². The number of anilines is 1. The molecule has 0 aliphatic heterocycles. The molecule has 1 N–H and O–H groups in total. The van der Waals surface area contributed by atoms with Crippen LogP contribution < -0.4 is 10.1 Å². The summed E-state index contributed by atoms with van der Waals surface area (Å²) in [5.74, 6) is 1.29. The van der Waals surface area contributed by atoms with Crippen LogP contribution in [0, 0.1) is 0 Å². The van der Waals surface area contributed by atoms with Crippen LogP contribution in [0.4, 0.5) is 5.95 Å². The number of rotatable bonds is 6. The van der Waals surface area contributed by atoms with Crippen LogP contribution in [0.15, 0.2) is 72.8 Å². The van der Waals surface area contributed by atoms with Gasteiger partial charge in [-0.25, -0.2) is 0 Å². The summed E-state index contributed by atoms with van der Waals surface area (Å²) in [5.41, 5.74) is 3.48. The number of benzene rings is 3. The van der Waals surface area contributed by atoms with Crippen molar-refractivity contribution in [2.24, 2.45) is 0 Å². The third-order valence-corrected chi connectivity index (χ3v) is 5.76. The minimum atomic E-state index is -0.258. The molecule has 0 bridgehead atoms. The number of methoxy groups -OCH3 is 1. The van der Waals surface area contributed by atoms with E-state index in [1.165, 1.54) is 4.68 Å². The Morgan fingerprint density at radius 3 is 2.21 bits per heavy atom. The van der Waals surface area contributed by atoms with E-state index >= 15 is 0 Å². The topological polar surface area (TPSA) is 69.0 Å². The summed E-state index contributed by atoms with van der Waals surface area (Å²) in [6.45, 7) is 6.89. The third kappa shape index (κ3) is 5.29. The second-order valence-corrected chi connectivity index (χ2v) is 9.45. The number of hydrogen-bond donors (Lipinski definition) is 1. The third-order valence-electron chi connectivity index (χ3n) is 5.51. The Balaban J connectivity index is 1.67. The molecule has 6 nitrogen and oxygen atoms in total. The lowest BCUT2D eigenvalue weighted by Gasteiger charge is -2.19. The summed E-state index contributed by atoms with van der Waals surface area (Å²) in [7, 11) is 1.62. The molecule has 0 fully saturated rings. The molecule has 0 saturated carbocycles. The van der Waals surface area contributed by atoms with Gasteiger partial charge in [-0.1, -0.05) is 56.6 Å². The zero-order valence-electron chi connectivity index (χ0n) is 19.7. The normalized spacial score (nSPS) is 11.3. The molecule has 4 aromatic rings. The van der Waals surface area contributed by atoms with Gasteiger partial charge in [0, 0.05) is 22.7 Å². The largest absolute Gasteiger partial charge is 0.497 e. The number of carbonyl (C=O) groups excluding carboxylic acids is 1. The average Bonchev–Trinajstić information content (AvgIpc) is 3.27. The van der Waals surface area contributed by atoms with Crippen molar-refractivity contribution in [3.05, 3.63) is 94.5 Å². The van der Waals surface area contributed by atoms with Crippen LogP contribution in [0.1, 0.15) is 42.3 Å². The summed E-state index contributed by atoms with van der Waals surface area (Å²) in [6.07, 6.45) is 0. The first-order valence-corrected chi connectivity index (χ1v) is 11.4. The Kier molecular flexibility index (Phi) is 6.70. The molecular weight excluding hydrogens is 448 g/mol. The Hall–Kier alpha value is -3.64. The molecule has 0 saturated heterocycles. The number of aromatic nitrogens is 3. The van der Waals surface area contributed by atoms with E-state index in [4.69, 9.17) is 16.3 Å². The molecule has 0 spiro atoms. The number of carbonyl (C=O) groups is 1. The molecule has 0 aliphatic carbocycles. The Morgan fingerprint density at radius 2 is 1.62 bits per heavy atom. The molecule has 7 heteroatoms. The molecule has 4 rings (SSSR count). The number of halogens is 1. The van der Waals surface area contributed by atoms with Gasteiger partial charge in [0.2, 0.25) is 5.95 Å². The summed E-state index contributed by atoms with van der Waals surface area (Å²) >= 11 is 5.99. The van der Waals surface area contributed by atoms with Gasteiger partial charge in [-0.05, 0) is 65.1 Å². The highest BCUT2D eigenvalue weighted by Crippen LogP contribution is 2.24. The van der Waals surface area contributed by atoms with Crippen molar-refractivity contribution in [1.29, 1.82) is 0 Å². The molecule has 0 atom stereocenters. The van der Waals surface area contributed by atoms with Gasteiger partial charge in [-0.2, -0.15) is 9.67 Å². The van der Waals surface area contributed by atoms with E-state index in [0.717, 1.165) is 22.4 Å². The Morgan fingerprint density at radius 1 is 0.971 bits per heavy atom. The maximum atomic E-state index is 13.4. The fraction of sp³-hybridized carbons (Fsp3) is 0.222. The van der Waals surface area contributed by atoms with Crippen LogP contribution in [0.2, 0.25) is 5.02 Å². The quantitative estimate of drug-likeness (QED) is 0.360. The number of hydrogen-bond acceptors (Lipinski definition) is 5. The number of nitrogens with one attached hydrogen (secondary N) is 1.